The number of aryl methyl sites for hydroxylation is 2. The number of anilines is 1. The van der Waals surface area contributed by atoms with Gasteiger partial charge >= 0.3 is 0 Å². The summed E-state index contributed by atoms with van der Waals surface area (Å²) >= 11 is 2.98. The Morgan fingerprint density at radius 3 is 2.76 bits per heavy atom. The second-order valence-electron chi connectivity index (χ2n) is 5.73. The van der Waals surface area contributed by atoms with E-state index < -0.39 is 0 Å². The maximum Gasteiger partial charge on any atom is 0.251 e. The van der Waals surface area contributed by atoms with Crippen LogP contribution in [0.2, 0.25) is 0 Å². The van der Waals surface area contributed by atoms with Crippen LogP contribution >= 0.6 is 23.5 Å². The molecule has 0 spiro atoms. The molecular weight excluding hydrogens is 354 g/mol. The molecule has 2 rings (SSSR count). The van der Waals surface area contributed by atoms with Crippen molar-refractivity contribution in [2.24, 2.45) is 0 Å². The molecule has 134 valence electrons. The second-order valence-corrected chi connectivity index (χ2v) is 7.80. The summed E-state index contributed by atoms with van der Waals surface area (Å²) in [6.07, 6.45) is 1.09. The van der Waals surface area contributed by atoms with Crippen LogP contribution in [-0.2, 0) is 10.5 Å². The predicted octanol–water partition coefficient (Wildman–Crippen LogP) is 3.76. The van der Waals surface area contributed by atoms with E-state index in [0.717, 1.165) is 29.1 Å². The first-order valence-electron chi connectivity index (χ1n) is 8.16. The van der Waals surface area contributed by atoms with Crippen LogP contribution in [0.3, 0.4) is 0 Å². The van der Waals surface area contributed by atoms with Gasteiger partial charge in [-0.05, 0) is 49.3 Å². The molecule has 1 aromatic heterocycles. The van der Waals surface area contributed by atoms with Gasteiger partial charge in [0.1, 0.15) is 0 Å². The highest BCUT2D eigenvalue weighted by Crippen LogP contribution is 2.17. The predicted molar refractivity (Wildman–Crippen MR) is 107 cm³/mol. The Kier molecular flexibility index (Phi) is 7.58. The molecular formula is C18H23N3O2S2. The SMILES string of the molecule is CCCSCc1cc(=O)[nH]c(SCC(=O)Nc2ccc(C)c(C)c2)n1. The van der Waals surface area contributed by atoms with Gasteiger partial charge in [0.05, 0.1) is 11.4 Å². The third-order valence-corrected chi connectivity index (χ3v) is 5.57. The quantitative estimate of drug-likeness (QED) is 0.416. The molecule has 0 radical (unpaired) electrons. The van der Waals surface area contributed by atoms with Crippen molar-refractivity contribution in [3.8, 4) is 0 Å². The molecule has 5 nitrogen and oxygen atoms in total. The number of hydrogen-bond donors (Lipinski definition) is 2. The van der Waals surface area contributed by atoms with Gasteiger partial charge in [-0.3, -0.25) is 9.59 Å². The summed E-state index contributed by atoms with van der Waals surface area (Å²) in [6.45, 7) is 6.16. The summed E-state index contributed by atoms with van der Waals surface area (Å²) in [7, 11) is 0. The van der Waals surface area contributed by atoms with Gasteiger partial charge in [-0.1, -0.05) is 24.8 Å². The number of thioether (sulfide) groups is 2. The fourth-order valence-corrected chi connectivity index (χ4v) is 3.58. The van der Waals surface area contributed by atoms with Gasteiger partial charge in [0.25, 0.3) is 5.56 Å². The first-order valence-corrected chi connectivity index (χ1v) is 10.3. The standard InChI is InChI=1S/C18H23N3O2S2/c1-4-7-24-10-15-9-16(22)21-18(20-15)25-11-17(23)19-14-6-5-12(2)13(3)8-14/h5-6,8-9H,4,7,10-11H2,1-3H3,(H,19,23)(H,20,21,22). The molecule has 0 saturated heterocycles. The Labute approximate surface area is 156 Å². The summed E-state index contributed by atoms with van der Waals surface area (Å²) in [5.74, 6) is 1.82. The summed E-state index contributed by atoms with van der Waals surface area (Å²) < 4.78 is 0. The first-order chi connectivity index (χ1) is 12.0. The Morgan fingerprint density at radius 1 is 1.24 bits per heavy atom. The minimum Gasteiger partial charge on any atom is -0.325 e. The van der Waals surface area contributed by atoms with Gasteiger partial charge < -0.3 is 10.3 Å². The third-order valence-electron chi connectivity index (χ3n) is 3.50. The molecule has 0 aliphatic heterocycles. The van der Waals surface area contributed by atoms with Crippen molar-refractivity contribution in [1.29, 1.82) is 0 Å². The lowest BCUT2D eigenvalue weighted by Gasteiger charge is -2.08. The van der Waals surface area contributed by atoms with E-state index in [1.807, 2.05) is 32.0 Å². The van der Waals surface area contributed by atoms with Crippen molar-refractivity contribution in [2.75, 3.05) is 16.8 Å². The van der Waals surface area contributed by atoms with Gasteiger partial charge in [0.2, 0.25) is 5.91 Å². The topological polar surface area (TPSA) is 74.8 Å². The van der Waals surface area contributed by atoms with Gasteiger partial charge in [-0.25, -0.2) is 4.98 Å². The van der Waals surface area contributed by atoms with Crippen LogP contribution in [0.1, 0.15) is 30.2 Å². The number of aromatic nitrogens is 2. The molecule has 0 unspecified atom stereocenters. The largest absolute Gasteiger partial charge is 0.325 e. The van der Waals surface area contributed by atoms with E-state index in [4.69, 9.17) is 0 Å². The summed E-state index contributed by atoms with van der Waals surface area (Å²) in [4.78, 5) is 30.9. The highest BCUT2D eigenvalue weighted by Gasteiger charge is 2.08. The van der Waals surface area contributed by atoms with E-state index in [1.54, 1.807) is 11.8 Å². The molecule has 0 bridgehead atoms. The minimum atomic E-state index is -0.181. The zero-order chi connectivity index (χ0) is 18.2. The Hall–Kier alpha value is -1.73. The van der Waals surface area contributed by atoms with Crippen LogP contribution < -0.4 is 10.9 Å². The van der Waals surface area contributed by atoms with Crippen molar-refractivity contribution in [3.05, 3.63) is 51.4 Å². The molecule has 25 heavy (non-hydrogen) atoms. The van der Waals surface area contributed by atoms with E-state index >= 15 is 0 Å². The highest BCUT2D eigenvalue weighted by atomic mass is 32.2. The van der Waals surface area contributed by atoms with E-state index in [-0.39, 0.29) is 17.2 Å². The molecule has 1 heterocycles. The number of nitrogens with one attached hydrogen (secondary N) is 2. The molecule has 2 aromatic rings. The maximum atomic E-state index is 12.1. The summed E-state index contributed by atoms with van der Waals surface area (Å²) in [6, 6.07) is 7.33. The van der Waals surface area contributed by atoms with E-state index in [1.165, 1.54) is 23.4 Å². The van der Waals surface area contributed by atoms with Crippen molar-refractivity contribution >= 4 is 35.1 Å². The lowest BCUT2D eigenvalue weighted by Crippen LogP contribution is -2.16. The number of rotatable bonds is 8. The molecule has 0 atom stereocenters. The zero-order valence-corrected chi connectivity index (χ0v) is 16.4. The molecule has 0 saturated carbocycles. The number of aromatic amines is 1. The van der Waals surface area contributed by atoms with Crippen molar-refractivity contribution in [1.82, 2.24) is 9.97 Å². The average Bonchev–Trinajstić information content (AvgIpc) is 2.56. The number of hydrogen-bond acceptors (Lipinski definition) is 5. The Morgan fingerprint density at radius 2 is 2.04 bits per heavy atom. The lowest BCUT2D eigenvalue weighted by atomic mass is 10.1. The van der Waals surface area contributed by atoms with Crippen LogP contribution in [-0.4, -0.2) is 27.4 Å². The number of H-pyrrole nitrogens is 1. The van der Waals surface area contributed by atoms with Crippen LogP contribution in [0.4, 0.5) is 5.69 Å². The fourth-order valence-electron chi connectivity index (χ4n) is 2.10. The van der Waals surface area contributed by atoms with Gasteiger partial charge in [-0.15, -0.1) is 0 Å². The number of carbonyl (C=O) groups is 1. The number of nitrogens with zero attached hydrogens (tertiary/aromatic N) is 1. The summed E-state index contributed by atoms with van der Waals surface area (Å²) in [5.41, 5.74) is 3.67. The molecule has 2 N–H and O–H groups in total. The smallest absolute Gasteiger partial charge is 0.251 e. The van der Waals surface area contributed by atoms with Gasteiger partial charge in [-0.2, -0.15) is 11.8 Å². The van der Waals surface area contributed by atoms with Gasteiger partial charge in [0.15, 0.2) is 5.16 Å². The van der Waals surface area contributed by atoms with Crippen molar-refractivity contribution < 1.29 is 4.79 Å². The van der Waals surface area contributed by atoms with Crippen molar-refractivity contribution in [3.63, 3.8) is 0 Å². The van der Waals surface area contributed by atoms with Crippen LogP contribution in [0.25, 0.3) is 0 Å². The first kappa shape index (κ1) is 19.6. The monoisotopic (exact) mass is 377 g/mol. The molecule has 7 heteroatoms. The fraction of sp³-hybridized carbons (Fsp3) is 0.389. The number of carbonyl (C=O) groups excluding carboxylic acids is 1. The molecule has 1 aromatic carbocycles. The number of benzene rings is 1. The van der Waals surface area contributed by atoms with E-state index in [0.29, 0.717) is 10.9 Å². The minimum absolute atomic E-state index is 0.123. The normalized spacial score (nSPS) is 10.7. The lowest BCUT2D eigenvalue weighted by molar-refractivity contribution is -0.113. The molecule has 0 aliphatic rings. The van der Waals surface area contributed by atoms with Crippen LogP contribution in [0.5, 0.6) is 0 Å². The average molecular weight is 378 g/mol. The highest BCUT2D eigenvalue weighted by molar-refractivity contribution is 7.99. The van der Waals surface area contributed by atoms with Crippen molar-refractivity contribution in [2.45, 2.75) is 38.1 Å². The van der Waals surface area contributed by atoms with Crippen LogP contribution in [0.15, 0.2) is 34.2 Å². The van der Waals surface area contributed by atoms with Crippen LogP contribution in [0, 0.1) is 13.8 Å². The number of amides is 1. The Bertz CT molecular complexity index is 790. The Balaban J connectivity index is 1.92. The zero-order valence-electron chi connectivity index (χ0n) is 14.7. The summed E-state index contributed by atoms with van der Waals surface area (Å²) in [5, 5.41) is 3.35. The third kappa shape index (κ3) is 6.59. The molecule has 1 amide bonds. The van der Waals surface area contributed by atoms with E-state index in [9.17, 15) is 9.59 Å². The van der Waals surface area contributed by atoms with Gasteiger partial charge in [0, 0.05) is 17.5 Å². The van der Waals surface area contributed by atoms with E-state index in [2.05, 4.69) is 22.2 Å². The molecule has 0 aliphatic carbocycles. The second kappa shape index (κ2) is 9.68. The maximum absolute atomic E-state index is 12.1. The molecule has 0 fully saturated rings.